The van der Waals surface area contributed by atoms with Crippen molar-refractivity contribution in [3.05, 3.63) is 0 Å². The predicted molar refractivity (Wildman–Crippen MR) is 126 cm³/mol. The number of hydrogen-bond acceptors (Lipinski definition) is 9. The summed E-state index contributed by atoms with van der Waals surface area (Å²) in [6.07, 6.45) is 6.07. The van der Waals surface area contributed by atoms with Crippen LogP contribution in [0, 0.1) is 0 Å². The molecule has 34 heavy (non-hydrogen) atoms. The number of hydrogen-bond donors (Lipinski definition) is 4. The van der Waals surface area contributed by atoms with Crippen LogP contribution in [0.5, 0.6) is 0 Å². The van der Waals surface area contributed by atoms with Crippen molar-refractivity contribution in [1.82, 2.24) is 0 Å². The predicted octanol–water partition coefficient (Wildman–Crippen LogP) is 2.33. The van der Waals surface area contributed by atoms with Crippen molar-refractivity contribution in [3.8, 4) is 0 Å². The average molecular weight is 513 g/mol. The number of ether oxygens (including phenoxy) is 3. The van der Waals surface area contributed by atoms with E-state index in [4.69, 9.17) is 18.8 Å². The maximum absolute atomic E-state index is 11.8. The molecule has 5 atom stereocenters. The highest BCUT2D eigenvalue weighted by molar-refractivity contribution is 7.85. The molecular weight excluding hydrogens is 468 g/mol. The first-order valence-electron chi connectivity index (χ1n) is 12.6. The molecule has 4 N–H and O–H groups in total. The second-order valence-corrected chi connectivity index (χ2v) is 10.5. The summed E-state index contributed by atoms with van der Waals surface area (Å²) in [5.74, 6) is -1.23. The van der Waals surface area contributed by atoms with E-state index in [0.29, 0.717) is 12.8 Å². The Balaban J connectivity index is 2.07. The fourth-order valence-corrected chi connectivity index (χ4v) is 4.54. The third-order valence-electron chi connectivity index (χ3n) is 5.86. The SMILES string of the molecule is CCCCCCCCCCCCCC(=O)OCCCO[C@H]1O[C@H](CS(=O)(=O)O)[C@@H](O)[C@H](O)[C@H]1O. The Labute approximate surface area is 203 Å². The monoisotopic (exact) mass is 512 g/mol. The minimum Gasteiger partial charge on any atom is -0.466 e. The number of unbranched alkanes of at least 4 members (excludes halogenated alkanes) is 10. The largest absolute Gasteiger partial charge is 0.466 e. The molecule has 1 fully saturated rings. The van der Waals surface area contributed by atoms with E-state index in [1.54, 1.807) is 0 Å². The molecule has 0 unspecified atom stereocenters. The smallest absolute Gasteiger partial charge is 0.305 e. The zero-order valence-electron chi connectivity index (χ0n) is 20.3. The topological polar surface area (TPSA) is 160 Å². The zero-order chi connectivity index (χ0) is 25.4. The van der Waals surface area contributed by atoms with E-state index < -0.39 is 46.6 Å². The van der Waals surface area contributed by atoms with Gasteiger partial charge in [-0.25, -0.2) is 0 Å². The van der Waals surface area contributed by atoms with E-state index in [9.17, 15) is 28.5 Å². The molecule has 11 heteroatoms. The minimum atomic E-state index is -4.47. The molecule has 1 rings (SSSR count). The lowest BCUT2D eigenvalue weighted by molar-refractivity contribution is -0.292. The lowest BCUT2D eigenvalue weighted by atomic mass is 10.00. The van der Waals surface area contributed by atoms with Crippen LogP contribution in [0.15, 0.2) is 0 Å². The van der Waals surface area contributed by atoms with Gasteiger partial charge in [0.25, 0.3) is 10.1 Å². The van der Waals surface area contributed by atoms with E-state index in [2.05, 4.69) is 6.92 Å². The summed E-state index contributed by atoms with van der Waals surface area (Å²) in [5, 5.41) is 29.6. The third kappa shape index (κ3) is 13.9. The van der Waals surface area contributed by atoms with Crippen LogP contribution in [-0.2, 0) is 29.1 Å². The highest BCUT2D eigenvalue weighted by atomic mass is 32.2. The van der Waals surface area contributed by atoms with Crippen molar-refractivity contribution in [1.29, 1.82) is 0 Å². The van der Waals surface area contributed by atoms with E-state index >= 15 is 0 Å². The molecule has 0 aromatic carbocycles. The fourth-order valence-electron chi connectivity index (χ4n) is 3.85. The third-order valence-corrected chi connectivity index (χ3v) is 6.61. The summed E-state index contributed by atoms with van der Waals surface area (Å²) >= 11 is 0. The van der Waals surface area contributed by atoms with Crippen LogP contribution in [0.3, 0.4) is 0 Å². The summed E-state index contributed by atoms with van der Waals surface area (Å²) in [4.78, 5) is 11.8. The summed E-state index contributed by atoms with van der Waals surface area (Å²) in [5.41, 5.74) is 0. The molecule has 0 aromatic rings. The van der Waals surface area contributed by atoms with Gasteiger partial charge >= 0.3 is 5.97 Å². The van der Waals surface area contributed by atoms with Gasteiger partial charge in [-0.3, -0.25) is 9.35 Å². The van der Waals surface area contributed by atoms with Crippen LogP contribution in [-0.4, -0.2) is 83.9 Å². The Morgan fingerprint density at radius 3 is 1.91 bits per heavy atom. The molecule has 0 spiro atoms. The van der Waals surface area contributed by atoms with Crippen molar-refractivity contribution >= 4 is 16.1 Å². The van der Waals surface area contributed by atoms with Crippen molar-refractivity contribution in [2.45, 2.75) is 121 Å². The summed E-state index contributed by atoms with van der Waals surface area (Å²) in [7, 11) is -4.47. The second-order valence-electron chi connectivity index (χ2n) is 8.99. The first kappa shape index (κ1) is 31.2. The maximum atomic E-state index is 11.8. The normalized spacial score (nSPS) is 25.4. The Bertz CT molecular complexity index is 642. The lowest BCUT2D eigenvalue weighted by Gasteiger charge is -2.39. The van der Waals surface area contributed by atoms with Crippen molar-refractivity contribution in [2.24, 2.45) is 0 Å². The van der Waals surface area contributed by atoms with E-state index in [1.165, 1.54) is 51.4 Å². The van der Waals surface area contributed by atoms with Crippen LogP contribution >= 0.6 is 0 Å². The van der Waals surface area contributed by atoms with Gasteiger partial charge in [0.1, 0.15) is 30.2 Å². The molecule has 1 aliphatic heterocycles. The van der Waals surface area contributed by atoms with Crippen molar-refractivity contribution in [2.75, 3.05) is 19.0 Å². The minimum absolute atomic E-state index is 0.00879. The molecule has 1 heterocycles. The van der Waals surface area contributed by atoms with Crippen LogP contribution in [0.4, 0.5) is 0 Å². The van der Waals surface area contributed by atoms with Crippen LogP contribution < -0.4 is 0 Å². The summed E-state index contributed by atoms with van der Waals surface area (Å²) < 4.78 is 46.6. The molecule has 202 valence electrons. The zero-order valence-corrected chi connectivity index (χ0v) is 21.2. The standard InChI is InChI=1S/C23H44O10S/c1-2-3-4-5-6-7-8-9-10-11-12-14-19(24)31-15-13-16-32-23-22(27)21(26)20(25)18(33-23)17-34(28,29)30/h18,20-23,25-27H,2-17H2,1H3,(H,28,29,30)/t18-,20-,21+,22-,23+/m1/s1. The average Bonchev–Trinajstić information content (AvgIpc) is 2.77. The molecule has 0 aromatic heterocycles. The quantitative estimate of drug-likeness (QED) is 0.115. The highest BCUT2D eigenvalue weighted by Crippen LogP contribution is 2.23. The van der Waals surface area contributed by atoms with Gasteiger partial charge in [-0.15, -0.1) is 0 Å². The summed E-state index contributed by atoms with van der Waals surface area (Å²) in [6, 6.07) is 0. The molecule has 0 bridgehead atoms. The lowest BCUT2D eigenvalue weighted by Crippen LogP contribution is -2.59. The second kappa shape index (κ2) is 17.6. The molecule has 0 aliphatic carbocycles. The Kier molecular flexibility index (Phi) is 16.1. The number of esters is 1. The number of aliphatic hydroxyl groups is 3. The number of rotatable bonds is 19. The Hall–Kier alpha value is -0.820. The van der Waals surface area contributed by atoms with Gasteiger partial charge in [0, 0.05) is 12.8 Å². The molecule has 0 amide bonds. The van der Waals surface area contributed by atoms with Gasteiger partial charge < -0.3 is 29.5 Å². The van der Waals surface area contributed by atoms with Crippen LogP contribution in [0.2, 0.25) is 0 Å². The fraction of sp³-hybridized carbons (Fsp3) is 0.957. The van der Waals surface area contributed by atoms with Crippen LogP contribution in [0.25, 0.3) is 0 Å². The molecule has 10 nitrogen and oxygen atoms in total. The highest BCUT2D eigenvalue weighted by Gasteiger charge is 2.45. The van der Waals surface area contributed by atoms with E-state index in [-0.39, 0.29) is 19.2 Å². The van der Waals surface area contributed by atoms with Gasteiger partial charge in [0.2, 0.25) is 0 Å². The van der Waals surface area contributed by atoms with Gasteiger partial charge in [0.15, 0.2) is 6.29 Å². The van der Waals surface area contributed by atoms with Crippen molar-refractivity contribution in [3.63, 3.8) is 0 Å². The Morgan fingerprint density at radius 2 is 1.35 bits per heavy atom. The first-order valence-corrected chi connectivity index (χ1v) is 14.2. The first-order chi connectivity index (χ1) is 16.2. The molecule has 0 radical (unpaired) electrons. The van der Waals surface area contributed by atoms with Gasteiger partial charge in [-0.1, -0.05) is 71.1 Å². The Morgan fingerprint density at radius 1 is 0.794 bits per heavy atom. The van der Waals surface area contributed by atoms with E-state index in [1.807, 2.05) is 0 Å². The molecule has 1 saturated heterocycles. The van der Waals surface area contributed by atoms with Crippen LogP contribution in [0.1, 0.15) is 90.4 Å². The van der Waals surface area contributed by atoms with Gasteiger partial charge in [0.05, 0.1) is 13.2 Å². The molecule has 0 saturated carbocycles. The number of carbonyl (C=O) groups is 1. The molecule has 1 aliphatic rings. The number of carbonyl (C=O) groups excluding carboxylic acids is 1. The van der Waals surface area contributed by atoms with Gasteiger partial charge in [-0.05, 0) is 6.42 Å². The van der Waals surface area contributed by atoms with E-state index in [0.717, 1.165) is 19.3 Å². The maximum Gasteiger partial charge on any atom is 0.305 e. The summed E-state index contributed by atoms with van der Waals surface area (Å²) in [6.45, 7) is 2.34. The molecular formula is C23H44O10S. The number of aliphatic hydroxyl groups excluding tert-OH is 3. The van der Waals surface area contributed by atoms with Crippen molar-refractivity contribution < 1.29 is 47.3 Å². The van der Waals surface area contributed by atoms with Gasteiger partial charge in [-0.2, -0.15) is 8.42 Å².